The number of nitrogens with zero attached hydrogens (tertiary/aromatic N) is 1. The third kappa shape index (κ3) is 1.66. The minimum absolute atomic E-state index is 0.0309. The fourth-order valence-electron chi connectivity index (χ4n) is 1.87. The van der Waals surface area contributed by atoms with Gasteiger partial charge in [-0.25, -0.2) is 0 Å². The Balaban J connectivity index is 2.05. The van der Waals surface area contributed by atoms with E-state index in [0.29, 0.717) is 6.42 Å². The summed E-state index contributed by atoms with van der Waals surface area (Å²) in [5, 5.41) is 8.66. The maximum Gasteiger partial charge on any atom is 0.132 e. The Morgan fingerprint density at radius 1 is 1.71 bits per heavy atom. The van der Waals surface area contributed by atoms with Gasteiger partial charge in [0.1, 0.15) is 11.9 Å². The molecule has 2 heterocycles. The van der Waals surface area contributed by atoms with Gasteiger partial charge in [0.05, 0.1) is 24.4 Å². The lowest BCUT2D eigenvalue weighted by molar-refractivity contribution is -0.0342. The molecule has 1 aromatic rings. The Bertz CT molecular complexity index is 339. The van der Waals surface area contributed by atoms with E-state index < -0.39 is 0 Å². The molecule has 0 aliphatic carbocycles. The molecule has 1 aliphatic heterocycles. The average Bonchev–Trinajstić information content (AvgIpc) is 2.73. The van der Waals surface area contributed by atoms with E-state index in [4.69, 9.17) is 14.4 Å². The summed E-state index contributed by atoms with van der Waals surface area (Å²) in [6, 6.07) is 5.94. The van der Waals surface area contributed by atoms with Gasteiger partial charge >= 0.3 is 0 Å². The number of rotatable bonds is 2. The molecule has 0 spiro atoms. The highest BCUT2D eigenvalue weighted by Gasteiger charge is 2.37. The molecule has 3 nitrogen and oxygen atoms in total. The van der Waals surface area contributed by atoms with Crippen molar-refractivity contribution in [1.29, 1.82) is 5.26 Å². The zero-order chi connectivity index (χ0) is 10.0. The molecule has 2 unspecified atom stereocenters. The largest absolute Gasteiger partial charge is 0.467 e. The predicted octanol–water partition coefficient (Wildman–Crippen LogP) is 2.80. The van der Waals surface area contributed by atoms with Gasteiger partial charge in [0.25, 0.3) is 0 Å². The summed E-state index contributed by atoms with van der Waals surface area (Å²) >= 11 is 0. The topological polar surface area (TPSA) is 46.2 Å². The normalized spacial score (nSPS) is 31.6. The van der Waals surface area contributed by atoms with E-state index in [9.17, 15) is 0 Å². The lowest BCUT2D eigenvalue weighted by Crippen LogP contribution is -2.22. The second-order valence-corrected chi connectivity index (χ2v) is 3.95. The molecule has 2 rings (SSSR count). The van der Waals surface area contributed by atoms with E-state index in [0.717, 1.165) is 18.6 Å². The van der Waals surface area contributed by atoms with Gasteiger partial charge < -0.3 is 9.15 Å². The first-order valence-corrected chi connectivity index (χ1v) is 4.82. The molecule has 1 fully saturated rings. The number of hydrogen-bond acceptors (Lipinski definition) is 3. The van der Waals surface area contributed by atoms with Crippen molar-refractivity contribution in [3.8, 4) is 6.07 Å². The molecule has 3 heteroatoms. The molecule has 2 atom stereocenters. The van der Waals surface area contributed by atoms with Crippen molar-refractivity contribution < 1.29 is 9.15 Å². The molecule has 0 aromatic carbocycles. The van der Waals surface area contributed by atoms with Crippen LogP contribution in [0.4, 0.5) is 0 Å². The highest BCUT2D eigenvalue weighted by Crippen LogP contribution is 2.40. The van der Waals surface area contributed by atoms with Crippen LogP contribution in [0.3, 0.4) is 0 Å². The second kappa shape index (κ2) is 3.47. The third-order valence-corrected chi connectivity index (χ3v) is 2.68. The average molecular weight is 191 g/mol. The molecule has 1 aromatic heterocycles. The maximum atomic E-state index is 8.66. The number of furan rings is 1. The van der Waals surface area contributed by atoms with E-state index in [-0.39, 0.29) is 11.7 Å². The van der Waals surface area contributed by atoms with Crippen LogP contribution in [-0.2, 0) is 4.74 Å². The Morgan fingerprint density at radius 3 is 3.21 bits per heavy atom. The van der Waals surface area contributed by atoms with E-state index in [1.165, 1.54) is 0 Å². The molecule has 0 N–H and O–H groups in total. The van der Waals surface area contributed by atoms with Crippen molar-refractivity contribution in [2.24, 2.45) is 0 Å². The molecule has 0 bridgehead atoms. The first-order chi connectivity index (χ1) is 6.73. The molecule has 0 radical (unpaired) electrons. The van der Waals surface area contributed by atoms with Crippen LogP contribution in [-0.4, -0.2) is 5.60 Å². The van der Waals surface area contributed by atoms with E-state index >= 15 is 0 Å². The van der Waals surface area contributed by atoms with Gasteiger partial charge in [0.15, 0.2) is 0 Å². The van der Waals surface area contributed by atoms with Crippen LogP contribution in [0.15, 0.2) is 22.8 Å². The van der Waals surface area contributed by atoms with Gasteiger partial charge in [-0.05, 0) is 31.9 Å². The number of hydrogen-bond donors (Lipinski definition) is 0. The predicted molar refractivity (Wildman–Crippen MR) is 50.4 cm³/mol. The van der Waals surface area contributed by atoms with Crippen LogP contribution in [0.25, 0.3) is 0 Å². The smallest absolute Gasteiger partial charge is 0.132 e. The van der Waals surface area contributed by atoms with Gasteiger partial charge in [-0.2, -0.15) is 5.26 Å². The fraction of sp³-hybridized carbons (Fsp3) is 0.545. The molecule has 1 saturated heterocycles. The first-order valence-electron chi connectivity index (χ1n) is 4.82. The second-order valence-electron chi connectivity index (χ2n) is 3.95. The van der Waals surface area contributed by atoms with Crippen molar-refractivity contribution in [2.45, 2.75) is 37.9 Å². The first kappa shape index (κ1) is 9.29. The zero-order valence-corrected chi connectivity index (χ0v) is 8.19. The van der Waals surface area contributed by atoms with Crippen LogP contribution < -0.4 is 0 Å². The standard InChI is InChI=1S/C11H13NO2/c1-11(6-7-12)5-4-10(14-11)9-3-2-8-13-9/h2-3,8,10H,4-6H2,1H3. The molecule has 1 aliphatic rings. The Kier molecular flexibility index (Phi) is 2.30. The van der Waals surface area contributed by atoms with Crippen LogP contribution >= 0.6 is 0 Å². The van der Waals surface area contributed by atoms with Gasteiger partial charge in [0.2, 0.25) is 0 Å². The van der Waals surface area contributed by atoms with Crippen LogP contribution in [0.2, 0.25) is 0 Å². The molecular formula is C11H13NO2. The van der Waals surface area contributed by atoms with Gasteiger partial charge in [-0.3, -0.25) is 0 Å². The number of ether oxygens (including phenoxy) is 1. The van der Waals surface area contributed by atoms with E-state index in [1.807, 2.05) is 19.1 Å². The highest BCUT2D eigenvalue weighted by atomic mass is 16.5. The Morgan fingerprint density at radius 2 is 2.57 bits per heavy atom. The maximum absolute atomic E-state index is 8.66. The quantitative estimate of drug-likeness (QED) is 0.722. The van der Waals surface area contributed by atoms with Crippen molar-refractivity contribution in [3.63, 3.8) is 0 Å². The number of nitriles is 1. The van der Waals surface area contributed by atoms with Gasteiger partial charge in [-0.1, -0.05) is 0 Å². The summed E-state index contributed by atoms with van der Waals surface area (Å²) in [6.07, 6.45) is 3.99. The monoisotopic (exact) mass is 191 g/mol. The summed E-state index contributed by atoms with van der Waals surface area (Å²) in [7, 11) is 0. The van der Waals surface area contributed by atoms with Crippen molar-refractivity contribution in [2.75, 3.05) is 0 Å². The lowest BCUT2D eigenvalue weighted by Gasteiger charge is -2.20. The highest BCUT2D eigenvalue weighted by molar-refractivity contribution is 5.06. The fourth-order valence-corrected chi connectivity index (χ4v) is 1.87. The molecule has 14 heavy (non-hydrogen) atoms. The molecule has 0 saturated carbocycles. The lowest BCUT2D eigenvalue weighted by atomic mass is 9.99. The van der Waals surface area contributed by atoms with Crippen molar-refractivity contribution in [1.82, 2.24) is 0 Å². The van der Waals surface area contributed by atoms with Crippen LogP contribution in [0.5, 0.6) is 0 Å². The Hall–Kier alpha value is -1.27. The summed E-state index contributed by atoms with van der Waals surface area (Å²) in [6.45, 7) is 1.99. The summed E-state index contributed by atoms with van der Waals surface area (Å²) in [5.41, 5.74) is -0.286. The third-order valence-electron chi connectivity index (χ3n) is 2.68. The summed E-state index contributed by atoms with van der Waals surface area (Å²) in [4.78, 5) is 0. The Labute approximate surface area is 83.3 Å². The molecule has 0 amide bonds. The van der Waals surface area contributed by atoms with Crippen LogP contribution in [0, 0.1) is 11.3 Å². The van der Waals surface area contributed by atoms with Crippen molar-refractivity contribution in [3.05, 3.63) is 24.2 Å². The summed E-state index contributed by atoms with van der Waals surface area (Å²) < 4.78 is 11.1. The van der Waals surface area contributed by atoms with Gasteiger partial charge in [0, 0.05) is 0 Å². The minimum Gasteiger partial charge on any atom is -0.467 e. The molecule has 74 valence electrons. The van der Waals surface area contributed by atoms with Gasteiger partial charge in [-0.15, -0.1) is 0 Å². The van der Waals surface area contributed by atoms with E-state index in [1.54, 1.807) is 6.26 Å². The van der Waals surface area contributed by atoms with Crippen molar-refractivity contribution >= 4 is 0 Å². The zero-order valence-electron chi connectivity index (χ0n) is 8.19. The molecular weight excluding hydrogens is 178 g/mol. The van der Waals surface area contributed by atoms with E-state index in [2.05, 4.69) is 6.07 Å². The summed E-state index contributed by atoms with van der Waals surface area (Å²) in [5.74, 6) is 0.867. The van der Waals surface area contributed by atoms with Crippen LogP contribution in [0.1, 0.15) is 38.1 Å². The minimum atomic E-state index is -0.286. The SMILES string of the molecule is CC1(CC#N)CCC(c2ccco2)O1.